The van der Waals surface area contributed by atoms with Gasteiger partial charge < -0.3 is 20.1 Å². The van der Waals surface area contributed by atoms with E-state index in [1.165, 1.54) is 0 Å². The van der Waals surface area contributed by atoms with Gasteiger partial charge in [-0.2, -0.15) is 5.10 Å². The van der Waals surface area contributed by atoms with Gasteiger partial charge in [0.25, 0.3) is 5.92 Å². The van der Waals surface area contributed by atoms with E-state index in [0.717, 1.165) is 12.1 Å². The highest BCUT2D eigenvalue weighted by Gasteiger charge is 2.58. The van der Waals surface area contributed by atoms with Crippen LogP contribution in [0, 0.1) is 5.92 Å². The number of carbonyl (C=O) groups excluding carboxylic acids is 1. The molecule has 8 bridgehead atoms. The minimum absolute atomic E-state index is 0.126. The minimum Gasteiger partial charge on any atom is -0.477 e. The van der Waals surface area contributed by atoms with Gasteiger partial charge in [-0.1, -0.05) is 0 Å². The van der Waals surface area contributed by atoms with Crippen LogP contribution in [-0.4, -0.2) is 45.9 Å². The van der Waals surface area contributed by atoms with Gasteiger partial charge in [0, 0.05) is 35.6 Å². The molecule has 8 nitrogen and oxygen atoms in total. The summed E-state index contributed by atoms with van der Waals surface area (Å²) >= 11 is 0. The molecule has 4 aliphatic rings. The van der Waals surface area contributed by atoms with Gasteiger partial charge in [-0.15, -0.1) is 0 Å². The summed E-state index contributed by atoms with van der Waals surface area (Å²) in [6.45, 7) is -0.187. The summed E-state index contributed by atoms with van der Waals surface area (Å²) in [7, 11) is 0. The summed E-state index contributed by atoms with van der Waals surface area (Å²) < 4.78 is 39.7. The number of nitrogens with one attached hydrogen (secondary N) is 3. The maximum atomic E-state index is 14.4. The normalized spacial score (nSPS) is 30.5. The van der Waals surface area contributed by atoms with Crippen molar-refractivity contribution in [3.63, 3.8) is 0 Å². The Balaban J connectivity index is 1.40. The second-order valence-corrected chi connectivity index (χ2v) is 7.87. The van der Waals surface area contributed by atoms with Gasteiger partial charge >= 0.3 is 6.09 Å². The van der Waals surface area contributed by atoms with Crippen LogP contribution < -0.4 is 15.4 Å². The minimum atomic E-state index is -3.05. The molecule has 1 amide bonds. The third-order valence-corrected chi connectivity index (χ3v) is 5.96. The largest absolute Gasteiger partial charge is 0.477 e. The van der Waals surface area contributed by atoms with Gasteiger partial charge in [0.05, 0.1) is 18.6 Å². The molecular formula is C19H21F2N5O3. The van der Waals surface area contributed by atoms with Crippen LogP contribution in [0.1, 0.15) is 37.3 Å². The highest BCUT2D eigenvalue weighted by Crippen LogP contribution is 2.44. The smallest absolute Gasteiger partial charge is 0.407 e. The fourth-order valence-corrected chi connectivity index (χ4v) is 4.22. The summed E-state index contributed by atoms with van der Waals surface area (Å²) in [5.41, 5.74) is 1.64. The van der Waals surface area contributed by atoms with E-state index in [4.69, 9.17) is 9.47 Å². The molecule has 2 fully saturated rings. The molecule has 2 saturated carbocycles. The third kappa shape index (κ3) is 3.47. The topological polar surface area (TPSA) is 101 Å². The van der Waals surface area contributed by atoms with Crippen molar-refractivity contribution in [1.82, 2.24) is 20.5 Å². The van der Waals surface area contributed by atoms with E-state index >= 15 is 0 Å². The van der Waals surface area contributed by atoms with E-state index in [2.05, 4.69) is 25.8 Å². The van der Waals surface area contributed by atoms with Gasteiger partial charge in [-0.05, 0) is 31.7 Å². The first-order valence-corrected chi connectivity index (χ1v) is 9.73. The standard InChI is InChI=1S/C19H21F2N5O3/c20-19(21)11-6-15(19)24-18(27)29-13-2-1-10(5-13)14-8-16(26-25-14)23-12-3-4-22-17(7-12)28-9-11/h3-4,7-8,10-11,13,15H,1-2,5-6,9H2,(H,24,27)(H2,23,25,26)/t10-,11?,13+,15+/m0/s1. The van der Waals surface area contributed by atoms with E-state index in [1.807, 2.05) is 6.07 Å². The summed E-state index contributed by atoms with van der Waals surface area (Å²) in [6, 6.07) is 4.08. The number of nitrogens with zero attached hydrogens (tertiary/aromatic N) is 2. The third-order valence-electron chi connectivity index (χ3n) is 5.96. The van der Waals surface area contributed by atoms with Crippen molar-refractivity contribution in [2.75, 3.05) is 11.9 Å². The molecule has 1 unspecified atom stereocenters. The number of ether oxygens (including phenoxy) is 2. The van der Waals surface area contributed by atoms with Crippen molar-refractivity contribution in [2.45, 2.75) is 49.7 Å². The van der Waals surface area contributed by atoms with Crippen LogP contribution in [0.25, 0.3) is 0 Å². The Kier molecular flexibility index (Phi) is 4.29. The Morgan fingerprint density at radius 1 is 1.21 bits per heavy atom. The van der Waals surface area contributed by atoms with Crippen molar-refractivity contribution in [2.24, 2.45) is 5.92 Å². The Bertz CT molecular complexity index is 921. The molecule has 4 heterocycles. The first kappa shape index (κ1) is 18.1. The maximum absolute atomic E-state index is 14.4. The van der Waals surface area contributed by atoms with Gasteiger partial charge in [0.15, 0.2) is 5.82 Å². The average Bonchev–Trinajstić information content (AvgIpc) is 3.33. The SMILES string of the molecule is O=C1N[C@@H]2CC(COc3cc(ccn3)Nc3cc([nH]n3)[C@H]3CC[C@H](C3)O1)C2(F)F. The van der Waals surface area contributed by atoms with Crippen LogP contribution in [0.2, 0.25) is 0 Å². The molecule has 0 saturated heterocycles. The zero-order valence-electron chi connectivity index (χ0n) is 15.5. The van der Waals surface area contributed by atoms with E-state index in [9.17, 15) is 13.6 Å². The van der Waals surface area contributed by atoms with E-state index in [0.29, 0.717) is 24.3 Å². The number of pyridine rings is 1. The predicted molar refractivity (Wildman–Crippen MR) is 98.4 cm³/mol. The second kappa shape index (κ2) is 6.85. The second-order valence-electron chi connectivity index (χ2n) is 7.87. The molecule has 3 N–H and O–H groups in total. The first-order chi connectivity index (χ1) is 14.0. The highest BCUT2D eigenvalue weighted by molar-refractivity contribution is 5.68. The summed E-state index contributed by atoms with van der Waals surface area (Å²) in [5.74, 6) is -3.00. The van der Waals surface area contributed by atoms with Gasteiger partial charge in [0.1, 0.15) is 6.10 Å². The number of H-pyrrole nitrogens is 1. The Morgan fingerprint density at radius 3 is 2.97 bits per heavy atom. The van der Waals surface area contributed by atoms with Crippen molar-refractivity contribution < 1.29 is 23.0 Å². The number of alkyl carbamates (subject to hydrolysis) is 1. The van der Waals surface area contributed by atoms with E-state index in [-0.39, 0.29) is 30.9 Å². The Hall–Kier alpha value is -2.91. The molecule has 0 spiro atoms. The number of hydrogen-bond acceptors (Lipinski definition) is 6. The average molecular weight is 405 g/mol. The van der Waals surface area contributed by atoms with Crippen LogP contribution in [-0.2, 0) is 4.74 Å². The summed E-state index contributed by atoms with van der Waals surface area (Å²) in [6.07, 6.45) is 2.73. The lowest BCUT2D eigenvalue weighted by molar-refractivity contribution is -0.170. The monoisotopic (exact) mass is 405 g/mol. The lowest BCUT2D eigenvalue weighted by Crippen LogP contribution is -2.63. The number of aromatic nitrogens is 3. The molecule has 6 rings (SSSR count). The Morgan fingerprint density at radius 2 is 2.10 bits per heavy atom. The van der Waals surface area contributed by atoms with Crippen LogP contribution in [0.15, 0.2) is 24.4 Å². The molecule has 2 aromatic heterocycles. The molecule has 2 aliphatic carbocycles. The molecule has 2 aromatic rings. The molecule has 4 atom stereocenters. The van der Waals surface area contributed by atoms with Crippen molar-refractivity contribution in [3.8, 4) is 5.88 Å². The quantitative estimate of drug-likeness (QED) is 0.622. The van der Waals surface area contributed by atoms with Gasteiger partial charge in [-0.3, -0.25) is 5.10 Å². The zero-order chi connectivity index (χ0) is 20.0. The Labute approximate surface area is 165 Å². The van der Waals surface area contributed by atoms with Crippen molar-refractivity contribution in [1.29, 1.82) is 0 Å². The fourth-order valence-electron chi connectivity index (χ4n) is 4.22. The number of alkyl halides is 2. The number of hydrogen-bond donors (Lipinski definition) is 3. The number of amides is 1. The lowest BCUT2D eigenvalue weighted by Gasteiger charge is -2.43. The van der Waals surface area contributed by atoms with Crippen LogP contribution in [0.3, 0.4) is 0 Å². The number of halogens is 2. The predicted octanol–water partition coefficient (Wildman–Crippen LogP) is 3.33. The number of carbonyl (C=O) groups is 1. The van der Waals surface area contributed by atoms with Crippen molar-refractivity contribution >= 4 is 17.6 Å². The molecular weight excluding hydrogens is 384 g/mol. The number of fused-ring (bicyclic) bond motifs is 3. The van der Waals surface area contributed by atoms with Crippen LogP contribution >= 0.6 is 0 Å². The molecule has 10 heteroatoms. The maximum Gasteiger partial charge on any atom is 0.407 e. The summed E-state index contributed by atoms with van der Waals surface area (Å²) in [5, 5.41) is 12.8. The number of anilines is 2. The number of rotatable bonds is 0. The van der Waals surface area contributed by atoms with Gasteiger partial charge in [-0.25, -0.2) is 18.6 Å². The highest BCUT2D eigenvalue weighted by atomic mass is 19.3. The van der Waals surface area contributed by atoms with Crippen LogP contribution in [0.5, 0.6) is 5.88 Å². The zero-order valence-corrected chi connectivity index (χ0v) is 15.5. The van der Waals surface area contributed by atoms with Gasteiger partial charge in [0.2, 0.25) is 5.88 Å². The first-order valence-electron chi connectivity index (χ1n) is 9.73. The molecule has 2 aliphatic heterocycles. The number of aromatic amines is 1. The fraction of sp³-hybridized carbons (Fsp3) is 0.526. The van der Waals surface area contributed by atoms with E-state index < -0.39 is 24.0 Å². The molecule has 0 radical (unpaired) electrons. The van der Waals surface area contributed by atoms with Crippen LogP contribution in [0.4, 0.5) is 25.1 Å². The summed E-state index contributed by atoms with van der Waals surface area (Å²) in [4.78, 5) is 16.2. The van der Waals surface area contributed by atoms with E-state index in [1.54, 1.807) is 18.3 Å². The molecule has 0 aromatic carbocycles. The molecule has 154 valence electrons. The molecule has 29 heavy (non-hydrogen) atoms. The lowest BCUT2D eigenvalue weighted by atomic mass is 9.76. The van der Waals surface area contributed by atoms with Crippen molar-refractivity contribution in [3.05, 3.63) is 30.1 Å².